The molecule has 0 heterocycles. The third kappa shape index (κ3) is 2.88. The summed E-state index contributed by atoms with van der Waals surface area (Å²) in [6, 6.07) is 7.24. The number of carbonyl (C=O) groups excluding carboxylic acids is 1. The molecule has 0 aliphatic rings. The first kappa shape index (κ1) is 9.14. The van der Waals surface area contributed by atoms with Gasteiger partial charge in [0.1, 0.15) is 0 Å². The Balaban J connectivity index is 2.68. The Morgan fingerprint density at radius 2 is 2.38 bits per heavy atom. The van der Waals surface area contributed by atoms with Gasteiger partial charge in [0.05, 0.1) is 6.54 Å². The van der Waals surface area contributed by atoms with Gasteiger partial charge in [0.15, 0.2) is 0 Å². The number of primary amides is 1. The second-order valence-corrected chi connectivity index (χ2v) is 2.55. The van der Waals surface area contributed by atoms with E-state index in [-0.39, 0.29) is 6.54 Å². The van der Waals surface area contributed by atoms with Crippen LogP contribution in [0.3, 0.4) is 0 Å². The maximum atomic E-state index is 10.4. The predicted molar refractivity (Wildman–Crippen MR) is 52.1 cm³/mol. The molecule has 1 aromatic rings. The SMILES string of the molecule is C#Cc1cccc(NCC(N)=O)c1. The summed E-state index contributed by atoms with van der Waals surface area (Å²) in [5.74, 6) is 2.10. The molecule has 0 unspecified atom stereocenters. The maximum Gasteiger partial charge on any atom is 0.236 e. The maximum absolute atomic E-state index is 10.4. The fourth-order valence-corrected chi connectivity index (χ4v) is 0.908. The summed E-state index contributed by atoms with van der Waals surface area (Å²) >= 11 is 0. The average Bonchev–Trinajstić information content (AvgIpc) is 2.15. The smallest absolute Gasteiger partial charge is 0.236 e. The first-order valence-electron chi connectivity index (χ1n) is 3.81. The van der Waals surface area contributed by atoms with Crippen molar-refractivity contribution < 1.29 is 4.79 Å². The molecule has 0 saturated carbocycles. The van der Waals surface area contributed by atoms with Crippen LogP contribution in [0.4, 0.5) is 5.69 Å². The van der Waals surface area contributed by atoms with E-state index in [2.05, 4.69) is 11.2 Å². The summed E-state index contributed by atoms with van der Waals surface area (Å²) in [7, 11) is 0. The Bertz CT molecular complexity index is 352. The lowest BCUT2D eigenvalue weighted by atomic mass is 10.2. The van der Waals surface area contributed by atoms with E-state index in [0.717, 1.165) is 11.3 Å². The molecule has 0 radical (unpaired) electrons. The highest BCUT2D eigenvalue weighted by Gasteiger charge is 1.95. The van der Waals surface area contributed by atoms with Crippen molar-refractivity contribution in [2.24, 2.45) is 5.73 Å². The normalized spacial score (nSPS) is 8.85. The van der Waals surface area contributed by atoms with E-state index in [4.69, 9.17) is 12.2 Å². The van der Waals surface area contributed by atoms with Crippen molar-refractivity contribution in [3.05, 3.63) is 29.8 Å². The molecule has 0 spiro atoms. The summed E-state index contributed by atoms with van der Waals surface area (Å²) in [5, 5.41) is 2.85. The van der Waals surface area contributed by atoms with Gasteiger partial charge in [0.2, 0.25) is 5.91 Å². The van der Waals surface area contributed by atoms with Crippen LogP contribution in [-0.2, 0) is 4.79 Å². The third-order valence-corrected chi connectivity index (χ3v) is 1.50. The number of carbonyl (C=O) groups is 1. The first-order chi connectivity index (χ1) is 6.22. The number of hydrogen-bond donors (Lipinski definition) is 2. The van der Waals surface area contributed by atoms with Crippen LogP contribution >= 0.6 is 0 Å². The second-order valence-electron chi connectivity index (χ2n) is 2.55. The van der Waals surface area contributed by atoms with Crippen molar-refractivity contribution in [3.8, 4) is 12.3 Å². The number of rotatable bonds is 3. The monoisotopic (exact) mass is 174 g/mol. The molecular formula is C10H10N2O. The van der Waals surface area contributed by atoms with Gasteiger partial charge in [-0.1, -0.05) is 12.0 Å². The Kier molecular flexibility index (Phi) is 2.93. The fourth-order valence-electron chi connectivity index (χ4n) is 0.908. The number of terminal acetylenes is 1. The zero-order valence-electron chi connectivity index (χ0n) is 7.08. The average molecular weight is 174 g/mol. The van der Waals surface area contributed by atoms with Crippen LogP contribution < -0.4 is 11.1 Å². The molecule has 0 atom stereocenters. The number of amides is 1. The minimum atomic E-state index is -0.397. The Labute approximate surface area is 76.9 Å². The molecule has 3 heteroatoms. The van der Waals surface area contributed by atoms with Crippen LogP contribution in [0.5, 0.6) is 0 Å². The third-order valence-electron chi connectivity index (χ3n) is 1.50. The van der Waals surface area contributed by atoms with Gasteiger partial charge >= 0.3 is 0 Å². The Morgan fingerprint density at radius 1 is 1.62 bits per heavy atom. The Morgan fingerprint density at radius 3 is 3.00 bits per heavy atom. The largest absolute Gasteiger partial charge is 0.376 e. The number of anilines is 1. The van der Waals surface area contributed by atoms with Gasteiger partial charge in [-0.2, -0.15) is 0 Å². The van der Waals surface area contributed by atoms with Crippen molar-refractivity contribution in [2.75, 3.05) is 11.9 Å². The van der Waals surface area contributed by atoms with Gasteiger partial charge in [-0.15, -0.1) is 6.42 Å². The molecule has 3 nitrogen and oxygen atoms in total. The van der Waals surface area contributed by atoms with Crippen molar-refractivity contribution in [1.29, 1.82) is 0 Å². The van der Waals surface area contributed by atoms with Gasteiger partial charge in [-0.05, 0) is 18.2 Å². The van der Waals surface area contributed by atoms with Gasteiger partial charge in [0, 0.05) is 11.3 Å². The van der Waals surface area contributed by atoms with Gasteiger partial charge in [-0.25, -0.2) is 0 Å². The second kappa shape index (κ2) is 4.17. The molecular weight excluding hydrogens is 164 g/mol. The zero-order valence-corrected chi connectivity index (χ0v) is 7.08. The molecule has 0 saturated heterocycles. The summed E-state index contributed by atoms with van der Waals surface area (Å²) in [6.45, 7) is 0.119. The molecule has 0 fully saturated rings. The zero-order chi connectivity index (χ0) is 9.68. The molecule has 66 valence electrons. The topological polar surface area (TPSA) is 55.1 Å². The molecule has 0 aliphatic heterocycles. The van der Waals surface area contributed by atoms with Crippen molar-refractivity contribution in [2.45, 2.75) is 0 Å². The van der Waals surface area contributed by atoms with E-state index in [9.17, 15) is 4.79 Å². The van der Waals surface area contributed by atoms with Crippen molar-refractivity contribution >= 4 is 11.6 Å². The molecule has 13 heavy (non-hydrogen) atoms. The lowest BCUT2D eigenvalue weighted by molar-refractivity contribution is -0.116. The van der Waals surface area contributed by atoms with E-state index in [1.807, 2.05) is 18.2 Å². The van der Waals surface area contributed by atoms with Crippen LogP contribution in [0, 0.1) is 12.3 Å². The molecule has 3 N–H and O–H groups in total. The van der Waals surface area contributed by atoms with E-state index < -0.39 is 5.91 Å². The molecule has 1 aromatic carbocycles. The number of benzene rings is 1. The summed E-state index contributed by atoms with van der Waals surface area (Å²) in [4.78, 5) is 10.4. The van der Waals surface area contributed by atoms with Gasteiger partial charge in [-0.3, -0.25) is 4.79 Å². The summed E-state index contributed by atoms with van der Waals surface area (Å²) < 4.78 is 0. The minimum absolute atomic E-state index is 0.119. The van der Waals surface area contributed by atoms with Crippen LogP contribution in [0.25, 0.3) is 0 Å². The summed E-state index contributed by atoms with van der Waals surface area (Å²) in [6.07, 6.45) is 5.21. The fraction of sp³-hybridized carbons (Fsp3) is 0.100. The highest BCUT2D eigenvalue weighted by atomic mass is 16.1. The predicted octanol–water partition coefficient (Wildman–Crippen LogP) is 0.565. The quantitative estimate of drug-likeness (QED) is 0.658. The van der Waals surface area contributed by atoms with Crippen LogP contribution in [0.15, 0.2) is 24.3 Å². The lowest BCUT2D eigenvalue weighted by Gasteiger charge is -2.03. The molecule has 0 bridgehead atoms. The number of hydrogen-bond acceptors (Lipinski definition) is 2. The highest BCUT2D eigenvalue weighted by molar-refractivity contribution is 5.78. The van der Waals surface area contributed by atoms with Crippen LogP contribution in [0.1, 0.15) is 5.56 Å². The number of nitrogens with two attached hydrogens (primary N) is 1. The van der Waals surface area contributed by atoms with E-state index in [1.165, 1.54) is 0 Å². The van der Waals surface area contributed by atoms with E-state index in [0.29, 0.717) is 0 Å². The molecule has 0 aliphatic carbocycles. The summed E-state index contributed by atoms with van der Waals surface area (Å²) in [5.41, 5.74) is 6.54. The molecule has 1 amide bonds. The Hall–Kier alpha value is -1.95. The van der Waals surface area contributed by atoms with E-state index in [1.54, 1.807) is 6.07 Å². The van der Waals surface area contributed by atoms with Crippen LogP contribution in [0.2, 0.25) is 0 Å². The highest BCUT2D eigenvalue weighted by Crippen LogP contribution is 2.08. The van der Waals surface area contributed by atoms with Crippen molar-refractivity contribution in [1.82, 2.24) is 0 Å². The van der Waals surface area contributed by atoms with Gasteiger partial charge < -0.3 is 11.1 Å². The lowest BCUT2D eigenvalue weighted by Crippen LogP contribution is -2.21. The molecule has 1 rings (SSSR count). The number of nitrogens with one attached hydrogen (secondary N) is 1. The van der Waals surface area contributed by atoms with Gasteiger partial charge in [0.25, 0.3) is 0 Å². The van der Waals surface area contributed by atoms with Crippen molar-refractivity contribution in [3.63, 3.8) is 0 Å². The van der Waals surface area contributed by atoms with E-state index >= 15 is 0 Å². The molecule has 0 aromatic heterocycles. The first-order valence-corrected chi connectivity index (χ1v) is 3.81. The minimum Gasteiger partial charge on any atom is -0.376 e. The van der Waals surface area contributed by atoms with Crippen LogP contribution in [-0.4, -0.2) is 12.5 Å². The standard InChI is InChI=1S/C10H10N2O/c1-2-8-4-3-5-9(6-8)12-7-10(11)13/h1,3-6,12H,7H2,(H2,11,13).